The number of benzene rings is 1. The van der Waals surface area contributed by atoms with Gasteiger partial charge in [-0.2, -0.15) is 0 Å². The van der Waals surface area contributed by atoms with E-state index >= 15 is 0 Å². The van der Waals surface area contributed by atoms with E-state index < -0.39 is 136 Å². The van der Waals surface area contributed by atoms with Gasteiger partial charge in [0.15, 0.2) is 25.0 Å². The third-order valence-electron chi connectivity index (χ3n) is 10.9. The molecule has 7 rings (SSSR count). The van der Waals surface area contributed by atoms with Crippen LogP contribution in [0.4, 0.5) is 0 Å². The smallest absolute Gasteiger partial charge is 0.258 e. The summed E-state index contributed by atoms with van der Waals surface area (Å²) in [7, 11) is 0. The van der Waals surface area contributed by atoms with Gasteiger partial charge in [-0.05, 0) is 24.8 Å². The van der Waals surface area contributed by atoms with E-state index in [1.807, 2.05) is 30.3 Å². The van der Waals surface area contributed by atoms with Crippen LogP contribution in [0.15, 0.2) is 30.3 Å². The van der Waals surface area contributed by atoms with Gasteiger partial charge >= 0.3 is 0 Å². The van der Waals surface area contributed by atoms with E-state index in [4.69, 9.17) is 42.6 Å². The molecule has 6 saturated heterocycles. The molecule has 0 aromatic heterocycles. The second-order valence-corrected chi connectivity index (χ2v) is 14.5. The Hall–Kier alpha value is -1.58. The topological polar surface area (TPSA) is 297 Å². The highest BCUT2D eigenvalue weighted by atomic mass is 16.8. The van der Waals surface area contributed by atoms with Crippen molar-refractivity contribution in [3.63, 3.8) is 0 Å². The van der Waals surface area contributed by atoms with Crippen LogP contribution in [0.1, 0.15) is 18.4 Å². The molecule has 0 radical (unpaired) electrons. The van der Waals surface area contributed by atoms with Crippen molar-refractivity contribution in [2.24, 2.45) is 0 Å². The van der Waals surface area contributed by atoms with Gasteiger partial charge in [0.2, 0.25) is 0 Å². The van der Waals surface area contributed by atoms with Gasteiger partial charge in [0.25, 0.3) is 5.91 Å². The van der Waals surface area contributed by atoms with Crippen molar-refractivity contribution in [3.05, 3.63) is 35.9 Å². The minimum absolute atomic E-state index is 0.0281. The van der Waals surface area contributed by atoms with Gasteiger partial charge in [0.1, 0.15) is 91.6 Å². The molecule has 6 aliphatic heterocycles. The lowest BCUT2D eigenvalue weighted by Crippen LogP contribution is -2.73. The van der Waals surface area contributed by atoms with Gasteiger partial charge in [-0.25, -0.2) is 0 Å². The van der Waals surface area contributed by atoms with Crippen LogP contribution >= 0.6 is 0 Å². The summed E-state index contributed by atoms with van der Waals surface area (Å²) in [5.41, 5.74) is 1.13. The van der Waals surface area contributed by atoms with E-state index in [-0.39, 0.29) is 19.8 Å². The van der Waals surface area contributed by atoms with Crippen LogP contribution in [-0.2, 0) is 49.1 Å². The molecule has 20 heteroatoms. The number of nitrogens with one attached hydrogen (secondary N) is 1. The number of hydrogen-bond donors (Lipinski definition) is 11. The molecule has 0 unspecified atom stereocenters. The van der Waals surface area contributed by atoms with Crippen LogP contribution in [0.2, 0.25) is 0 Å². The molecule has 0 saturated carbocycles. The summed E-state index contributed by atoms with van der Waals surface area (Å²) in [6.45, 7) is -1.42. The summed E-state index contributed by atoms with van der Waals surface area (Å²) < 4.78 is 52.4. The van der Waals surface area contributed by atoms with Crippen molar-refractivity contribution < 1.29 is 93.7 Å². The molecular weight excluding hydrogens is 726 g/mol. The average molecular weight is 778 g/mol. The minimum Gasteiger partial charge on any atom is -0.394 e. The lowest BCUT2D eigenvalue weighted by Gasteiger charge is -2.51. The zero-order valence-corrected chi connectivity index (χ0v) is 29.2. The second-order valence-electron chi connectivity index (χ2n) is 14.5. The number of aliphatic hydroxyl groups excluding tert-OH is 10. The Morgan fingerprint density at radius 1 is 0.648 bits per heavy atom. The third kappa shape index (κ3) is 7.83. The average Bonchev–Trinajstić information content (AvgIpc) is 3.66. The van der Waals surface area contributed by atoms with Crippen molar-refractivity contribution in [1.29, 1.82) is 0 Å². The molecule has 0 spiro atoms. The largest absolute Gasteiger partial charge is 0.394 e. The van der Waals surface area contributed by atoms with Gasteiger partial charge in [-0.3, -0.25) is 5.32 Å². The number of aryl methyl sites for hydroxylation is 1. The Labute approximate surface area is 309 Å². The first-order valence-electron chi connectivity index (χ1n) is 18.3. The molecule has 20 atom stereocenters. The molecule has 0 aliphatic carbocycles. The highest BCUT2D eigenvalue weighted by Gasteiger charge is 2.62. The Morgan fingerprint density at radius 2 is 1.30 bits per heavy atom. The monoisotopic (exact) mass is 777 g/mol. The molecule has 4 bridgehead atoms. The normalized spacial score (nSPS) is 49.0. The van der Waals surface area contributed by atoms with Crippen molar-refractivity contribution >= 4 is 0 Å². The number of unbranched alkanes of at least 4 members (excludes halogenated alkanes) is 1. The fraction of sp³-hybridized carbons (Fsp3) is 0.824. The molecule has 1 aromatic carbocycles. The van der Waals surface area contributed by atoms with Gasteiger partial charge in [-0.1, -0.05) is 30.3 Å². The van der Waals surface area contributed by atoms with Crippen LogP contribution in [0.3, 0.4) is 0 Å². The fourth-order valence-corrected chi connectivity index (χ4v) is 7.91. The Morgan fingerprint density at radius 3 is 2.00 bits per heavy atom. The Bertz CT molecular complexity index is 1350. The first kappa shape index (κ1) is 40.6. The maximum Gasteiger partial charge on any atom is 0.258 e. The summed E-state index contributed by atoms with van der Waals surface area (Å²) in [4.78, 5) is 0. The van der Waals surface area contributed by atoms with E-state index in [0.717, 1.165) is 18.4 Å². The molecule has 0 amide bonds. The maximum absolute atomic E-state index is 11.5. The minimum atomic E-state index is -2.20. The Balaban J connectivity index is 1.03. The highest BCUT2D eigenvalue weighted by Crippen LogP contribution is 2.40. The summed E-state index contributed by atoms with van der Waals surface area (Å²) in [5.74, 6) is -2.20. The number of fused-ring (bicyclic) bond motifs is 4. The number of aliphatic hydroxyl groups is 10. The predicted molar refractivity (Wildman–Crippen MR) is 174 cm³/mol. The quantitative estimate of drug-likeness (QED) is 0.0620. The van der Waals surface area contributed by atoms with Crippen molar-refractivity contribution in [3.8, 4) is 0 Å². The van der Waals surface area contributed by atoms with E-state index in [1.165, 1.54) is 0 Å². The van der Waals surface area contributed by atoms with Gasteiger partial charge in [-0.15, -0.1) is 0 Å². The Kier molecular flexibility index (Phi) is 12.9. The standard InChI is InChI=1S/C34H51NO19/c36-10-15-20(39)27(23(42)32(49-15)51-25-17-12-46-28(25)22(41)31(45)48-17)52-33-24(43)29-26(18(50-33)13-47-29)54-34(30(44)21(40)19(38)16(11-37)53-34)35-9-5-4-8-14-6-2-1-3-7-14/h1-3,6-7,15-33,35-45H,4-5,8-13H2/t15-,16-,17+,18+,19+,20-,21+,22+,23-,24+,25+,26+,27+,28+,29+,30-,31-,32+,33+,34+/m1/s1. The molecule has 20 nitrogen and oxygen atoms in total. The zero-order chi connectivity index (χ0) is 38.3. The van der Waals surface area contributed by atoms with E-state index in [1.54, 1.807) is 0 Å². The van der Waals surface area contributed by atoms with Crippen LogP contribution in [0, 0.1) is 0 Å². The van der Waals surface area contributed by atoms with Crippen LogP contribution in [0.5, 0.6) is 0 Å². The number of hydrogen-bond acceptors (Lipinski definition) is 20. The SMILES string of the molecule is OC[C@H]1O[C@](NCCCCc2ccccc2)(O[C@@H]2[C@H]3OC[C@@H]2O[C@@H](O[C@@H]2[C@@H](O)[C@H](O[C@@H]4[C@H]5OC[C@@H]4O[C@@H](O)[C@H]5O)O[C@H](CO)[C@H]2O)[C@H]3O)[C@H](O)[C@@H](O)[C@H]1O. The van der Waals surface area contributed by atoms with Crippen LogP contribution < -0.4 is 5.32 Å². The third-order valence-corrected chi connectivity index (χ3v) is 10.9. The molecule has 1 aromatic rings. The number of ether oxygens (including phenoxy) is 9. The first-order chi connectivity index (χ1) is 26.0. The fourth-order valence-electron chi connectivity index (χ4n) is 7.91. The zero-order valence-electron chi connectivity index (χ0n) is 29.2. The molecule has 11 N–H and O–H groups in total. The molecule has 306 valence electrons. The summed E-state index contributed by atoms with van der Waals surface area (Å²) in [6, 6.07) is 9.80. The molecule has 54 heavy (non-hydrogen) atoms. The van der Waals surface area contributed by atoms with E-state index in [9.17, 15) is 51.1 Å². The van der Waals surface area contributed by atoms with Gasteiger partial charge < -0.3 is 93.7 Å². The maximum atomic E-state index is 11.5. The van der Waals surface area contributed by atoms with Gasteiger partial charge in [0, 0.05) is 6.54 Å². The molecule has 6 aliphatic rings. The lowest BCUT2D eigenvalue weighted by atomic mass is 9.95. The van der Waals surface area contributed by atoms with Crippen molar-refractivity contribution in [1.82, 2.24) is 5.32 Å². The summed E-state index contributed by atoms with van der Waals surface area (Å²) in [6.07, 6.45) is -25.0. The summed E-state index contributed by atoms with van der Waals surface area (Å²) in [5, 5.41) is 110. The summed E-state index contributed by atoms with van der Waals surface area (Å²) >= 11 is 0. The van der Waals surface area contributed by atoms with Crippen LogP contribution in [-0.4, -0.2) is 206 Å². The molecule has 6 fully saturated rings. The molecular formula is C34H51NO19. The van der Waals surface area contributed by atoms with E-state index in [2.05, 4.69) is 5.32 Å². The molecule has 6 heterocycles. The lowest BCUT2D eigenvalue weighted by molar-refractivity contribution is -0.408. The van der Waals surface area contributed by atoms with Crippen LogP contribution in [0.25, 0.3) is 0 Å². The van der Waals surface area contributed by atoms with Gasteiger partial charge in [0.05, 0.1) is 26.4 Å². The highest BCUT2D eigenvalue weighted by molar-refractivity contribution is 5.14. The first-order valence-corrected chi connectivity index (χ1v) is 18.3. The van der Waals surface area contributed by atoms with Crippen molar-refractivity contribution in [2.75, 3.05) is 33.0 Å². The predicted octanol–water partition coefficient (Wildman–Crippen LogP) is -5.72. The van der Waals surface area contributed by atoms with E-state index in [0.29, 0.717) is 6.42 Å². The number of rotatable bonds is 14. The second kappa shape index (κ2) is 17.1. The van der Waals surface area contributed by atoms with Crippen molar-refractivity contribution in [2.45, 2.75) is 142 Å².